The fourth-order valence-corrected chi connectivity index (χ4v) is 2.34. The van der Waals surface area contributed by atoms with Gasteiger partial charge in [0.2, 0.25) is 0 Å². The van der Waals surface area contributed by atoms with Gasteiger partial charge in [-0.05, 0) is 64.8 Å². The van der Waals surface area contributed by atoms with Crippen LogP contribution in [0.25, 0.3) is 0 Å². The zero-order chi connectivity index (χ0) is 15.2. The van der Waals surface area contributed by atoms with Crippen LogP contribution in [0.3, 0.4) is 0 Å². The van der Waals surface area contributed by atoms with E-state index in [0.717, 1.165) is 15.7 Å². The number of carbonyl (C=O) groups excluding carboxylic acids is 1. The minimum absolute atomic E-state index is 0.300. The van der Waals surface area contributed by atoms with Crippen molar-refractivity contribution in [1.82, 2.24) is 0 Å². The van der Waals surface area contributed by atoms with Gasteiger partial charge in [-0.2, -0.15) is 0 Å². The number of nitrogens with one attached hydrogen (secondary N) is 1. The molecule has 0 amide bonds. The first-order valence-electron chi connectivity index (χ1n) is 6.55. The lowest BCUT2D eigenvalue weighted by atomic mass is 10.2. The molecule has 0 aromatic heterocycles. The summed E-state index contributed by atoms with van der Waals surface area (Å²) in [5.41, 5.74) is 2.60. The van der Waals surface area contributed by atoms with E-state index in [-0.39, 0.29) is 5.97 Å². The van der Waals surface area contributed by atoms with Gasteiger partial charge in [0.25, 0.3) is 0 Å². The third kappa shape index (κ3) is 4.48. The predicted molar refractivity (Wildman–Crippen MR) is 88.9 cm³/mol. The van der Waals surface area contributed by atoms with Gasteiger partial charge in [-0.15, -0.1) is 0 Å². The van der Waals surface area contributed by atoms with E-state index in [1.54, 1.807) is 19.1 Å². The highest BCUT2D eigenvalue weighted by Gasteiger charge is 2.05. The number of hydrogen-bond donors (Lipinski definition) is 1. The smallest absolute Gasteiger partial charge is 0.338 e. The van der Waals surface area contributed by atoms with Gasteiger partial charge in [0.15, 0.2) is 0 Å². The summed E-state index contributed by atoms with van der Waals surface area (Å²) < 4.78 is 5.82. The molecule has 0 atom stereocenters. The third-order valence-corrected chi connectivity index (χ3v) is 4.09. The molecule has 0 unspecified atom stereocenters. The Hall–Kier alpha value is -1.52. The summed E-state index contributed by atoms with van der Waals surface area (Å²) in [7, 11) is 0. The standard InChI is InChI=1S/C16H15BrClNO2/c1-2-21-16(20)12-4-6-13(7-5-12)19-10-11-3-8-15(18)14(17)9-11/h3-9,19H,2,10H2,1H3. The Morgan fingerprint density at radius 3 is 2.57 bits per heavy atom. The molecule has 5 heteroatoms. The lowest BCUT2D eigenvalue weighted by Gasteiger charge is -2.08. The highest BCUT2D eigenvalue weighted by molar-refractivity contribution is 9.10. The fraction of sp³-hybridized carbons (Fsp3) is 0.188. The summed E-state index contributed by atoms with van der Waals surface area (Å²) in [5, 5.41) is 3.98. The molecular formula is C16H15BrClNO2. The maximum atomic E-state index is 11.5. The average molecular weight is 369 g/mol. The summed E-state index contributed by atoms with van der Waals surface area (Å²) in [6, 6.07) is 13.0. The molecule has 0 aliphatic heterocycles. The largest absolute Gasteiger partial charge is 0.462 e. The second-order valence-corrected chi connectivity index (χ2v) is 5.66. The molecule has 0 fully saturated rings. The number of carbonyl (C=O) groups is 1. The number of halogens is 2. The van der Waals surface area contributed by atoms with E-state index in [2.05, 4.69) is 21.2 Å². The van der Waals surface area contributed by atoms with Crippen molar-refractivity contribution in [3.8, 4) is 0 Å². The van der Waals surface area contributed by atoms with Crippen LogP contribution in [0, 0.1) is 0 Å². The van der Waals surface area contributed by atoms with E-state index in [4.69, 9.17) is 16.3 Å². The molecule has 0 radical (unpaired) electrons. The van der Waals surface area contributed by atoms with Crippen molar-refractivity contribution >= 4 is 39.2 Å². The van der Waals surface area contributed by atoms with Gasteiger partial charge in [0.05, 0.1) is 17.2 Å². The van der Waals surface area contributed by atoms with Crippen LogP contribution in [-0.4, -0.2) is 12.6 Å². The van der Waals surface area contributed by atoms with E-state index in [1.807, 2.05) is 30.3 Å². The quantitative estimate of drug-likeness (QED) is 0.764. The molecule has 2 aromatic rings. The summed E-state index contributed by atoms with van der Waals surface area (Å²) >= 11 is 9.36. The first-order chi connectivity index (χ1) is 10.1. The highest BCUT2D eigenvalue weighted by Crippen LogP contribution is 2.23. The van der Waals surface area contributed by atoms with Crippen LogP contribution in [0.2, 0.25) is 5.02 Å². The Labute approximate surface area is 137 Å². The minimum atomic E-state index is -0.300. The number of anilines is 1. The van der Waals surface area contributed by atoms with Crippen LogP contribution in [0.5, 0.6) is 0 Å². The van der Waals surface area contributed by atoms with Crippen molar-refractivity contribution in [3.05, 3.63) is 63.1 Å². The van der Waals surface area contributed by atoms with Crippen LogP contribution in [0.4, 0.5) is 5.69 Å². The van der Waals surface area contributed by atoms with Crippen LogP contribution < -0.4 is 5.32 Å². The Balaban J connectivity index is 1.97. The summed E-state index contributed by atoms with van der Waals surface area (Å²) in [6.07, 6.45) is 0. The average Bonchev–Trinajstić information content (AvgIpc) is 2.49. The monoisotopic (exact) mass is 367 g/mol. The SMILES string of the molecule is CCOC(=O)c1ccc(NCc2ccc(Cl)c(Br)c2)cc1. The molecule has 0 heterocycles. The molecule has 0 aliphatic carbocycles. The van der Waals surface area contributed by atoms with E-state index in [0.29, 0.717) is 23.7 Å². The zero-order valence-electron chi connectivity index (χ0n) is 11.5. The molecule has 21 heavy (non-hydrogen) atoms. The fourth-order valence-electron chi connectivity index (χ4n) is 1.79. The van der Waals surface area contributed by atoms with Gasteiger partial charge in [0.1, 0.15) is 0 Å². The molecule has 110 valence electrons. The second-order valence-electron chi connectivity index (χ2n) is 4.40. The van der Waals surface area contributed by atoms with Crippen molar-refractivity contribution in [3.63, 3.8) is 0 Å². The molecule has 3 nitrogen and oxygen atoms in total. The summed E-state index contributed by atoms with van der Waals surface area (Å²) in [5.74, 6) is -0.300. The van der Waals surface area contributed by atoms with Gasteiger partial charge in [-0.1, -0.05) is 17.7 Å². The first-order valence-corrected chi connectivity index (χ1v) is 7.72. The molecule has 0 aliphatic rings. The Bertz CT molecular complexity index is 629. The van der Waals surface area contributed by atoms with Gasteiger partial charge < -0.3 is 10.1 Å². The molecule has 2 aromatic carbocycles. The molecule has 0 saturated carbocycles. The van der Waals surface area contributed by atoms with Crippen molar-refractivity contribution in [2.24, 2.45) is 0 Å². The minimum Gasteiger partial charge on any atom is -0.462 e. The lowest BCUT2D eigenvalue weighted by molar-refractivity contribution is 0.0526. The number of benzene rings is 2. The summed E-state index contributed by atoms with van der Waals surface area (Å²) in [6.45, 7) is 2.84. The molecule has 0 bridgehead atoms. The van der Waals surface area contributed by atoms with Gasteiger partial charge in [-0.25, -0.2) is 4.79 Å². The maximum Gasteiger partial charge on any atom is 0.338 e. The molecule has 0 spiro atoms. The van der Waals surface area contributed by atoms with Crippen LogP contribution >= 0.6 is 27.5 Å². The van der Waals surface area contributed by atoms with Crippen molar-refractivity contribution in [2.45, 2.75) is 13.5 Å². The number of ether oxygens (including phenoxy) is 1. The summed E-state index contributed by atoms with van der Waals surface area (Å²) in [4.78, 5) is 11.5. The third-order valence-electron chi connectivity index (χ3n) is 2.88. The highest BCUT2D eigenvalue weighted by atomic mass is 79.9. The van der Waals surface area contributed by atoms with E-state index in [9.17, 15) is 4.79 Å². The lowest BCUT2D eigenvalue weighted by Crippen LogP contribution is -2.05. The Morgan fingerprint density at radius 1 is 1.24 bits per heavy atom. The number of rotatable bonds is 5. The van der Waals surface area contributed by atoms with E-state index in [1.165, 1.54) is 0 Å². The van der Waals surface area contributed by atoms with Crippen molar-refractivity contribution in [1.29, 1.82) is 0 Å². The van der Waals surface area contributed by atoms with Crippen LogP contribution in [-0.2, 0) is 11.3 Å². The van der Waals surface area contributed by atoms with Crippen LogP contribution in [0.1, 0.15) is 22.8 Å². The van der Waals surface area contributed by atoms with E-state index >= 15 is 0 Å². The molecule has 0 saturated heterocycles. The Morgan fingerprint density at radius 2 is 1.95 bits per heavy atom. The predicted octanol–water partition coefficient (Wildman–Crippen LogP) is 4.89. The molecule has 1 N–H and O–H groups in total. The van der Waals surface area contributed by atoms with Crippen LogP contribution in [0.15, 0.2) is 46.9 Å². The van der Waals surface area contributed by atoms with Gasteiger partial charge >= 0.3 is 5.97 Å². The van der Waals surface area contributed by atoms with E-state index < -0.39 is 0 Å². The topological polar surface area (TPSA) is 38.3 Å². The number of hydrogen-bond acceptors (Lipinski definition) is 3. The van der Waals surface area contributed by atoms with Crippen molar-refractivity contribution in [2.75, 3.05) is 11.9 Å². The Kier molecular flexibility index (Phi) is 5.65. The second kappa shape index (κ2) is 7.48. The number of esters is 1. The molecular weight excluding hydrogens is 354 g/mol. The normalized spacial score (nSPS) is 10.2. The first kappa shape index (κ1) is 15.9. The zero-order valence-corrected chi connectivity index (χ0v) is 13.9. The maximum absolute atomic E-state index is 11.5. The van der Waals surface area contributed by atoms with Gasteiger partial charge in [-0.3, -0.25) is 0 Å². The molecule has 2 rings (SSSR count). The van der Waals surface area contributed by atoms with Crippen molar-refractivity contribution < 1.29 is 9.53 Å². The van der Waals surface area contributed by atoms with Gasteiger partial charge in [0, 0.05) is 16.7 Å².